The van der Waals surface area contributed by atoms with E-state index >= 15 is 0 Å². The largest absolute Gasteiger partial charge is 0.324 e. The molecule has 0 unspecified atom stereocenters. The van der Waals surface area contributed by atoms with E-state index in [1.807, 2.05) is 12.1 Å². The van der Waals surface area contributed by atoms with E-state index in [0.29, 0.717) is 6.54 Å². The summed E-state index contributed by atoms with van der Waals surface area (Å²) >= 11 is 3.46. The van der Waals surface area contributed by atoms with Gasteiger partial charge in [-0.3, -0.25) is 4.79 Å². The standard InChI is InChI=1S/C21H27BrN2O/c1-4-15-8-7-9-16(5-2)21(15)24-20(25)14-23-19(6-3)17-10-12-18(22)13-11-17/h7-13,19,23H,4-6,14H2,1-3H3,(H,24,25)/t19-/m0/s1. The van der Waals surface area contributed by atoms with Crippen molar-refractivity contribution in [2.45, 2.75) is 46.1 Å². The van der Waals surface area contributed by atoms with E-state index in [0.717, 1.165) is 29.4 Å². The molecular weight excluding hydrogens is 376 g/mol. The van der Waals surface area contributed by atoms with Crippen LogP contribution in [-0.2, 0) is 17.6 Å². The van der Waals surface area contributed by atoms with Gasteiger partial charge >= 0.3 is 0 Å². The number of anilines is 1. The van der Waals surface area contributed by atoms with Crippen LogP contribution in [0.4, 0.5) is 5.69 Å². The van der Waals surface area contributed by atoms with Crippen molar-refractivity contribution in [1.82, 2.24) is 5.32 Å². The number of nitrogens with one attached hydrogen (secondary N) is 2. The summed E-state index contributed by atoms with van der Waals surface area (Å²) in [5, 5.41) is 6.48. The van der Waals surface area contributed by atoms with Gasteiger partial charge in [-0.25, -0.2) is 0 Å². The minimum Gasteiger partial charge on any atom is -0.324 e. The van der Waals surface area contributed by atoms with Gasteiger partial charge in [0.15, 0.2) is 0 Å². The third kappa shape index (κ3) is 5.41. The lowest BCUT2D eigenvalue weighted by Gasteiger charge is -2.19. The number of carbonyl (C=O) groups is 1. The molecule has 2 aromatic rings. The minimum absolute atomic E-state index is 0.00571. The molecule has 0 aliphatic rings. The van der Waals surface area contributed by atoms with E-state index in [2.05, 4.69) is 77.7 Å². The van der Waals surface area contributed by atoms with Crippen LogP contribution in [0, 0.1) is 0 Å². The average Bonchev–Trinajstić information content (AvgIpc) is 2.63. The number of amides is 1. The van der Waals surface area contributed by atoms with E-state index in [1.165, 1.54) is 16.7 Å². The second-order valence-electron chi connectivity index (χ2n) is 6.10. The van der Waals surface area contributed by atoms with Crippen molar-refractivity contribution in [3.63, 3.8) is 0 Å². The Balaban J connectivity index is 2.01. The molecule has 2 N–H and O–H groups in total. The molecule has 0 heterocycles. The second kappa shape index (κ2) is 9.73. The molecule has 0 aromatic heterocycles. The lowest BCUT2D eigenvalue weighted by molar-refractivity contribution is -0.115. The molecule has 1 amide bonds. The fourth-order valence-corrected chi connectivity index (χ4v) is 3.26. The van der Waals surface area contributed by atoms with E-state index in [1.54, 1.807) is 0 Å². The first-order chi connectivity index (χ1) is 12.1. The van der Waals surface area contributed by atoms with Crippen LogP contribution in [-0.4, -0.2) is 12.5 Å². The van der Waals surface area contributed by atoms with Crippen LogP contribution in [0.25, 0.3) is 0 Å². The summed E-state index contributed by atoms with van der Waals surface area (Å²) in [5.74, 6) is 0.00571. The first-order valence-electron chi connectivity index (χ1n) is 8.98. The van der Waals surface area contributed by atoms with Gasteiger partial charge in [-0.2, -0.15) is 0 Å². The Hall–Kier alpha value is -1.65. The topological polar surface area (TPSA) is 41.1 Å². The molecule has 3 nitrogen and oxygen atoms in total. The van der Waals surface area contributed by atoms with Gasteiger partial charge in [0.1, 0.15) is 0 Å². The molecule has 0 aliphatic heterocycles. The maximum absolute atomic E-state index is 12.5. The fourth-order valence-electron chi connectivity index (χ4n) is 3.00. The Morgan fingerprint density at radius 3 is 2.12 bits per heavy atom. The summed E-state index contributed by atoms with van der Waals surface area (Å²) in [4.78, 5) is 12.5. The van der Waals surface area contributed by atoms with Crippen molar-refractivity contribution in [2.75, 3.05) is 11.9 Å². The highest BCUT2D eigenvalue weighted by Gasteiger charge is 2.13. The highest BCUT2D eigenvalue weighted by molar-refractivity contribution is 9.10. The number of aryl methyl sites for hydroxylation is 2. The fraction of sp³-hybridized carbons (Fsp3) is 0.381. The van der Waals surface area contributed by atoms with Gasteiger partial charge in [0, 0.05) is 16.2 Å². The zero-order chi connectivity index (χ0) is 18.2. The van der Waals surface area contributed by atoms with Gasteiger partial charge in [0.2, 0.25) is 5.91 Å². The van der Waals surface area contributed by atoms with Crippen molar-refractivity contribution in [3.05, 3.63) is 63.6 Å². The van der Waals surface area contributed by atoms with E-state index in [-0.39, 0.29) is 11.9 Å². The van der Waals surface area contributed by atoms with E-state index in [4.69, 9.17) is 0 Å². The first-order valence-corrected chi connectivity index (χ1v) is 9.77. The van der Waals surface area contributed by atoms with Crippen molar-refractivity contribution in [3.8, 4) is 0 Å². The van der Waals surface area contributed by atoms with E-state index < -0.39 is 0 Å². The number of carbonyl (C=O) groups excluding carboxylic acids is 1. The molecule has 0 spiro atoms. The predicted molar refractivity (Wildman–Crippen MR) is 109 cm³/mol. The summed E-state index contributed by atoms with van der Waals surface area (Å²) in [6.07, 6.45) is 2.75. The third-order valence-corrected chi connectivity index (χ3v) is 4.98. The van der Waals surface area contributed by atoms with Crippen LogP contribution in [0.5, 0.6) is 0 Å². The van der Waals surface area contributed by atoms with Crippen LogP contribution < -0.4 is 10.6 Å². The molecule has 25 heavy (non-hydrogen) atoms. The van der Waals surface area contributed by atoms with Crippen LogP contribution in [0.15, 0.2) is 46.9 Å². The Morgan fingerprint density at radius 2 is 1.60 bits per heavy atom. The van der Waals surface area contributed by atoms with Crippen molar-refractivity contribution >= 4 is 27.5 Å². The van der Waals surface area contributed by atoms with Crippen molar-refractivity contribution < 1.29 is 4.79 Å². The second-order valence-corrected chi connectivity index (χ2v) is 7.02. The van der Waals surface area contributed by atoms with Gasteiger partial charge in [0.05, 0.1) is 6.54 Å². The van der Waals surface area contributed by atoms with Gasteiger partial charge in [-0.15, -0.1) is 0 Å². The SMILES string of the molecule is CCc1cccc(CC)c1NC(=O)CN[C@@H](CC)c1ccc(Br)cc1. The molecule has 0 fully saturated rings. The van der Waals surface area contributed by atoms with Crippen LogP contribution in [0.3, 0.4) is 0 Å². The smallest absolute Gasteiger partial charge is 0.238 e. The van der Waals surface area contributed by atoms with Crippen molar-refractivity contribution in [1.29, 1.82) is 0 Å². The summed E-state index contributed by atoms with van der Waals surface area (Å²) in [7, 11) is 0. The molecule has 0 bridgehead atoms. The number of halogens is 1. The summed E-state index contributed by atoms with van der Waals surface area (Å²) in [5.41, 5.74) is 4.55. The number of para-hydroxylation sites is 1. The Bertz CT molecular complexity index is 675. The maximum Gasteiger partial charge on any atom is 0.238 e. The molecule has 4 heteroatoms. The monoisotopic (exact) mass is 402 g/mol. The zero-order valence-corrected chi connectivity index (χ0v) is 16.8. The quantitative estimate of drug-likeness (QED) is 0.632. The molecule has 0 radical (unpaired) electrons. The highest BCUT2D eigenvalue weighted by atomic mass is 79.9. The van der Waals surface area contributed by atoms with Crippen LogP contribution >= 0.6 is 15.9 Å². The number of rotatable bonds is 8. The molecule has 2 aromatic carbocycles. The van der Waals surface area contributed by atoms with Gasteiger partial charge < -0.3 is 10.6 Å². The maximum atomic E-state index is 12.5. The van der Waals surface area contributed by atoms with Crippen LogP contribution in [0.1, 0.15) is 49.9 Å². The molecule has 0 aliphatic carbocycles. The number of hydrogen-bond acceptors (Lipinski definition) is 2. The predicted octanol–water partition coefficient (Wildman–Crippen LogP) is 5.25. The summed E-state index contributed by atoms with van der Waals surface area (Å²) in [6.45, 7) is 6.65. The molecule has 0 saturated heterocycles. The summed E-state index contributed by atoms with van der Waals surface area (Å²) < 4.78 is 1.06. The minimum atomic E-state index is 0.00571. The van der Waals surface area contributed by atoms with Gasteiger partial charge in [-0.05, 0) is 48.1 Å². The zero-order valence-electron chi connectivity index (χ0n) is 15.2. The summed E-state index contributed by atoms with van der Waals surface area (Å²) in [6, 6.07) is 14.6. The lowest BCUT2D eigenvalue weighted by atomic mass is 10.0. The molecule has 134 valence electrons. The molecular formula is C21H27BrN2O. The molecule has 2 rings (SSSR count). The normalized spacial score (nSPS) is 12.0. The number of hydrogen-bond donors (Lipinski definition) is 2. The molecule has 0 saturated carbocycles. The Morgan fingerprint density at radius 1 is 1.00 bits per heavy atom. The van der Waals surface area contributed by atoms with Crippen molar-refractivity contribution in [2.24, 2.45) is 0 Å². The van der Waals surface area contributed by atoms with E-state index in [9.17, 15) is 4.79 Å². The number of benzene rings is 2. The van der Waals surface area contributed by atoms with Gasteiger partial charge in [0.25, 0.3) is 0 Å². The third-order valence-electron chi connectivity index (χ3n) is 4.45. The van der Waals surface area contributed by atoms with Gasteiger partial charge in [-0.1, -0.05) is 67.0 Å². The van der Waals surface area contributed by atoms with Crippen LogP contribution in [0.2, 0.25) is 0 Å². The molecule has 1 atom stereocenters. The average molecular weight is 403 g/mol. The lowest BCUT2D eigenvalue weighted by Crippen LogP contribution is -2.31. The highest BCUT2D eigenvalue weighted by Crippen LogP contribution is 2.23. The Kier molecular flexibility index (Phi) is 7.66. The Labute approximate surface area is 159 Å². The first kappa shape index (κ1) is 19.7.